The number of aryl methyl sites for hydroxylation is 1. The van der Waals surface area contributed by atoms with E-state index in [0.717, 1.165) is 36.8 Å². The number of hydrogen-bond acceptors (Lipinski definition) is 3. The molecule has 1 saturated heterocycles. The Labute approximate surface area is 213 Å². The number of piperazine rings is 1. The monoisotopic (exact) mass is 482 g/mol. The molecule has 2 atom stereocenters. The van der Waals surface area contributed by atoms with Gasteiger partial charge in [0.05, 0.1) is 12.1 Å². The van der Waals surface area contributed by atoms with Crippen molar-refractivity contribution in [2.45, 2.75) is 19.0 Å². The molecule has 1 heterocycles. The molecule has 1 fully saturated rings. The molecule has 0 amide bonds. The number of phenolic OH excluding ortho intramolecular Hbond substituents is 1. The number of aromatic hydroxyl groups is 1. The molecule has 0 bridgehead atoms. The van der Waals surface area contributed by atoms with Crippen molar-refractivity contribution in [3.05, 3.63) is 136 Å². The van der Waals surface area contributed by atoms with Crippen LogP contribution in [0.2, 0.25) is 5.02 Å². The van der Waals surface area contributed by atoms with Gasteiger partial charge in [-0.05, 0) is 41.8 Å². The summed E-state index contributed by atoms with van der Waals surface area (Å²) in [7, 11) is 0. The zero-order valence-electron chi connectivity index (χ0n) is 20.0. The Morgan fingerprint density at radius 2 is 1.09 bits per heavy atom. The molecule has 178 valence electrons. The van der Waals surface area contributed by atoms with Crippen molar-refractivity contribution in [1.82, 2.24) is 9.80 Å². The smallest absolute Gasteiger partial charge is 0.120 e. The Morgan fingerprint density at radius 3 is 1.71 bits per heavy atom. The first-order chi connectivity index (χ1) is 17.1. The molecule has 0 aromatic heterocycles. The lowest BCUT2D eigenvalue weighted by molar-refractivity contribution is 0.0891. The van der Waals surface area contributed by atoms with E-state index in [0.29, 0.717) is 5.75 Å². The summed E-state index contributed by atoms with van der Waals surface area (Å²) in [6.45, 7) is 5.78. The second-order valence-corrected chi connectivity index (χ2v) is 9.75. The van der Waals surface area contributed by atoms with Crippen LogP contribution in [0.3, 0.4) is 0 Å². The van der Waals surface area contributed by atoms with Crippen molar-refractivity contribution >= 4 is 11.6 Å². The largest absolute Gasteiger partial charge is 0.508 e. The van der Waals surface area contributed by atoms with Gasteiger partial charge in [0.25, 0.3) is 0 Å². The second kappa shape index (κ2) is 10.7. The fourth-order valence-corrected chi connectivity index (χ4v) is 5.33. The average molecular weight is 483 g/mol. The van der Waals surface area contributed by atoms with Crippen LogP contribution in [0.4, 0.5) is 0 Å². The van der Waals surface area contributed by atoms with Gasteiger partial charge >= 0.3 is 0 Å². The summed E-state index contributed by atoms with van der Waals surface area (Å²) in [6, 6.07) is 35.6. The Hall–Kier alpha value is -3.11. The SMILES string of the molecule is Cc1ccc(C(c2ccccc2O)N2CCN(C(c3ccccc3)c3ccc(Cl)cc3)CC2)cc1. The van der Waals surface area contributed by atoms with E-state index in [1.807, 2.05) is 30.3 Å². The average Bonchev–Trinajstić information content (AvgIpc) is 2.89. The van der Waals surface area contributed by atoms with E-state index in [4.69, 9.17) is 11.6 Å². The van der Waals surface area contributed by atoms with Crippen LogP contribution in [0.5, 0.6) is 5.75 Å². The molecule has 0 aliphatic carbocycles. The molecule has 0 radical (unpaired) electrons. The van der Waals surface area contributed by atoms with Gasteiger partial charge in [0.1, 0.15) is 5.75 Å². The van der Waals surface area contributed by atoms with Gasteiger partial charge in [-0.2, -0.15) is 0 Å². The highest BCUT2D eigenvalue weighted by Crippen LogP contribution is 2.37. The van der Waals surface area contributed by atoms with E-state index in [1.165, 1.54) is 22.3 Å². The zero-order chi connectivity index (χ0) is 24.2. The van der Waals surface area contributed by atoms with Crippen LogP contribution in [0.1, 0.15) is 39.9 Å². The van der Waals surface area contributed by atoms with Crippen LogP contribution in [-0.4, -0.2) is 41.1 Å². The lowest BCUT2D eigenvalue weighted by Gasteiger charge is -2.43. The van der Waals surface area contributed by atoms with Gasteiger partial charge in [-0.25, -0.2) is 0 Å². The molecule has 35 heavy (non-hydrogen) atoms. The molecular weight excluding hydrogens is 452 g/mol. The third kappa shape index (κ3) is 5.28. The van der Waals surface area contributed by atoms with Crippen molar-refractivity contribution in [3.63, 3.8) is 0 Å². The molecule has 4 aromatic rings. The summed E-state index contributed by atoms with van der Waals surface area (Å²) in [5.41, 5.74) is 5.96. The molecule has 1 aliphatic heterocycles. The lowest BCUT2D eigenvalue weighted by Crippen LogP contribution is -2.49. The van der Waals surface area contributed by atoms with E-state index < -0.39 is 0 Å². The predicted octanol–water partition coefficient (Wildman–Crippen LogP) is 6.85. The molecule has 5 rings (SSSR count). The highest BCUT2D eigenvalue weighted by Gasteiger charge is 2.31. The van der Waals surface area contributed by atoms with Crippen molar-refractivity contribution in [2.75, 3.05) is 26.2 Å². The van der Waals surface area contributed by atoms with Gasteiger partial charge in [-0.1, -0.05) is 102 Å². The van der Waals surface area contributed by atoms with Gasteiger partial charge < -0.3 is 5.11 Å². The highest BCUT2D eigenvalue weighted by molar-refractivity contribution is 6.30. The van der Waals surface area contributed by atoms with Gasteiger partial charge in [0.15, 0.2) is 0 Å². The number of phenols is 1. The first-order valence-electron chi connectivity index (χ1n) is 12.2. The topological polar surface area (TPSA) is 26.7 Å². The van der Waals surface area contributed by atoms with E-state index in [9.17, 15) is 5.11 Å². The molecule has 4 aromatic carbocycles. The van der Waals surface area contributed by atoms with E-state index in [-0.39, 0.29) is 12.1 Å². The maximum absolute atomic E-state index is 10.7. The first kappa shape index (κ1) is 23.6. The fraction of sp³-hybridized carbons (Fsp3) is 0.226. The van der Waals surface area contributed by atoms with E-state index in [1.54, 1.807) is 6.07 Å². The third-order valence-corrected chi connectivity index (χ3v) is 7.26. The van der Waals surface area contributed by atoms with Gasteiger partial charge in [-0.3, -0.25) is 9.80 Å². The minimum Gasteiger partial charge on any atom is -0.508 e. The number of para-hydroxylation sites is 1. The first-order valence-corrected chi connectivity index (χ1v) is 12.6. The fourth-order valence-electron chi connectivity index (χ4n) is 5.20. The van der Waals surface area contributed by atoms with Crippen LogP contribution < -0.4 is 0 Å². The highest BCUT2D eigenvalue weighted by atomic mass is 35.5. The molecule has 0 saturated carbocycles. The van der Waals surface area contributed by atoms with E-state index in [2.05, 4.69) is 83.5 Å². The van der Waals surface area contributed by atoms with Gasteiger partial charge in [0, 0.05) is 36.8 Å². The zero-order valence-corrected chi connectivity index (χ0v) is 20.8. The van der Waals surface area contributed by atoms with Crippen LogP contribution in [-0.2, 0) is 0 Å². The number of nitrogens with zero attached hydrogens (tertiary/aromatic N) is 2. The minimum atomic E-state index is 0.0182. The van der Waals surface area contributed by atoms with Crippen LogP contribution in [0, 0.1) is 6.92 Å². The molecular formula is C31H31ClN2O. The number of rotatable bonds is 6. The summed E-state index contributed by atoms with van der Waals surface area (Å²) in [5, 5.41) is 11.5. The molecule has 4 heteroatoms. The number of benzene rings is 4. The summed E-state index contributed by atoms with van der Waals surface area (Å²) in [4.78, 5) is 5.06. The summed E-state index contributed by atoms with van der Waals surface area (Å²) >= 11 is 6.20. The van der Waals surface area contributed by atoms with Gasteiger partial charge in [-0.15, -0.1) is 0 Å². The molecule has 1 aliphatic rings. The summed E-state index contributed by atoms with van der Waals surface area (Å²) in [6.07, 6.45) is 0. The standard InChI is InChI=1S/C31H31ClN2O/c1-23-11-13-26(14-12-23)31(28-9-5-6-10-29(28)35)34-21-19-33(20-22-34)30(24-7-3-2-4-8-24)25-15-17-27(32)18-16-25/h2-18,30-31,35H,19-22H2,1H3. The molecule has 0 spiro atoms. The number of halogens is 1. The van der Waals surface area contributed by atoms with Crippen molar-refractivity contribution in [1.29, 1.82) is 0 Å². The normalized spacial score (nSPS) is 16.6. The second-order valence-electron chi connectivity index (χ2n) is 9.31. The number of hydrogen-bond donors (Lipinski definition) is 1. The third-order valence-electron chi connectivity index (χ3n) is 7.00. The minimum absolute atomic E-state index is 0.0182. The maximum Gasteiger partial charge on any atom is 0.120 e. The Bertz CT molecular complexity index is 1230. The summed E-state index contributed by atoms with van der Waals surface area (Å²) < 4.78 is 0. The van der Waals surface area contributed by atoms with Crippen molar-refractivity contribution in [3.8, 4) is 5.75 Å². The maximum atomic E-state index is 10.7. The molecule has 1 N–H and O–H groups in total. The molecule has 3 nitrogen and oxygen atoms in total. The predicted molar refractivity (Wildman–Crippen MR) is 144 cm³/mol. The van der Waals surface area contributed by atoms with Crippen LogP contribution >= 0.6 is 11.6 Å². The van der Waals surface area contributed by atoms with Crippen LogP contribution in [0.15, 0.2) is 103 Å². The summed E-state index contributed by atoms with van der Waals surface area (Å²) in [5.74, 6) is 0.351. The van der Waals surface area contributed by atoms with Gasteiger partial charge in [0.2, 0.25) is 0 Å². The van der Waals surface area contributed by atoms with Crippen LogP contribution in [0.25, 0.3) is 0 Å². The lowest BCUT2D eigenvalue weighted by atomic mass is 9.93. The molecule has 2 unspecified atom stereocenters. The quantitative estimate of drug-likeness (QED) is 0.325. The Morgan fingerprint density at radius 1 is 0.600 bits per heavy atom. The Kier molecular flexibility index (Phi) is 7.19. The Balaban J connectivity index is 1.43. The van der Waals surface area contributed by atoms with Crippen molar-refractivity contribution in [2.24, 2.45) is 0 Å². The van der Waals surface area contributed by atoms with Crippen molar-refractivity contribution < 1.29 is 5.11 Å². The van der Waals surface area contributed by atoms with E-state index >= 15 is 0 Å².